The molecule has 2 aromatic rings. The van der Waals surface area contributed by atoms with Crippen molar-refractivity contribution in [2.45, 2.75) is 45.2 Å². The Kier molecular flexibility index (Phi) is 7.45. The zero-order valence-corrected chi connectivity index (χ0v) is 18.4. The Morgan fingerprint density at radius 1 is 1.19 bits per heavy atom. The van der Waals surface area contributed by atoms with E-state index in [1.54, 1.807) is 12.1 Å². The molecule has 32 heavy (non-hydrogen) atoms. The Labute approximate surface area is 185 Å². The number of nitrogens with zero attached hydrogens (tertiary/aromatic N) is 1. The van der Waals surface area contributed by atoms with Crippen molar-refractivity contribution < 1.29 is 23.9 Å². The van der Waals surface area contributed by atoms with Crippen LogP contribution < -0.4 is 16.0 Å². The van der Waals surface area contributed by atoms with E-state index in [1.807, 2.05) is 26.0 Å². The van der Waals surface area contributed by atoms with E-state index < -0.39 is 29.9 Å². The third-order valence-corrected chi connectivity index (χ3v) is 5.42. The number of carbonyl (C=O) groups excluding carboxylic acids is 4. The van der Waals surface area contributed by atoms with E-state index in [0.717, 1.165) is 0 Å². The van der Waals surface area contributed by atoms with Gasteiger partial charge in [0, 0.05) is 12.5 Å². The Morgan fingerprint density at radius 2 is 1.94 bits per heavy atom. The summed E-state index contributed by atoms with van der Waals surface area (Å²) in [6.45, 7) is 4.39. The molecular formula is C22H29N5O5. The number of aromatic nitrogens is 2. The van der Waals surface area contributed by atoms with Crippen molar-refractivity contribution in [3.63, 3.8) is 0 Å². The van der Waals surface area contributed by atoms with E-state index >= 15 is 0 Å². The summed E-state index contributed by atoms with van der Waals surface area (Å²) < 4.78 is 4.82. The van der Waals surface area contributed by atoms with Crippen LogP contribution in [0.25, 0.3) is 11.0 Å². The van der Waals surface area contributed by atoms with Gasteiger partial charge in [-0.25, -0.2) is 9.78 Å². The minimum atomic E-state index is -0.987. The van der Waals surface area contributed by atoms with E-state index in [9.17, 15) is 19.2 Å². The number of aromatic amines is 1. The molecule has 3 atom stereocenters. The normalized spacial score (nSPS) is 17.6. The van der Waals surface area contributed by atoms with E-state index in [1.165, 1.54) is 7.11 Å². The van der Waals surface area contributed by atoms with E-state index in [-0.39, 0.29) is 30.0 Å². The van der Waals surface area contributed by atoms with Crippen LogP contribution in [0.2, 0.25) is 0 Å². The monoisotopic (exact) mass is 443 g/mol. The van der Waals surface area contributed by atoms with Gasteiger partial charge in [0.25, 0.3) is 5.91 Å². The molecule has 3 rings (SSSR count). The number of H-pyrrole nitrogens is 1. The number of nitrogens with one attached hydrogen (secondary N) is 4. The van der Waals surface area contributed by atoms with Crippen LogP contribution >= 0.6 is 0 Å². The first kappa shape index (κ1) is 23.2. The second kappa shape index (κ2) is 10.3. The number of ether oxygens (including phenoxy) is 1. The highest BCUT2D eigenvalue weighted by Crippen LogP contribution is 2.17. The molecule has 1 aromatic heterocycles. The molecule has 0 radical (unpaired) electrons. The van der Waals surface area contributed by atoms with Crippen molar-refractivity contribution in [1.82, 2.24) is 25.9 Å². The maximum Gasteiger partial charge on any atom is 0.328 e. The minimum absolute atomic E-state index is 0.0962. The zero-order valence-electron chi connectivity index (χ0n) is 18.4. The van der Waals surface area contributed by atoms with E-state index in [0.29, 0.717) is 30.4 Å². The standard InChI is InChI=1S/C22H29N5O5/c1-12(2)10-16(26-21(30)18-24-14-6-4-5-7-15(14)25-18)20(29)27-17(22(31)32-3)11-13-8-9-23-19(13)28/h4-7,12-13,16-17H,8-11H2,1-3H3,(H,23,28)(H,24,25)(H,26,30)(H,27,29)/t13-,16?,17?/m0/s1. The van der Waals surface area contributed by atoms with Gasteiger partial charge < -0.3 is 25.7 Å². The fourth-order valence-electron chi connectivity index (χ4n) is 3.77. The van der Waals surface area contributed by atoms with Gasteiger partial charge in [-0.1, -0.05) is 26.0 Å². The van der Waals surface area contributed by atoms with Gasteiger partial charge in [0.2, 0.25) is 11.8 Å². The Bertz CT molecular complexity index is 969. The maximum absolute atomic E-state index is 13.0. The van der Waals surface area contributed by atoms with Crippen LogP contribution in [0, 0.1) is 11.8 Å². The molecule has 0 aliphatic carbocycles. The fraction of sp³-hybridized carbons (Fsp3) is 0.500. The van der Waals surface area contributed by atoms with Crippen LogP contribution in [0.3, 0.4) is 0 Å². The van der Waals surface area contributed by atoms with Gasteiger partial charge in [-0.3, -0.25) is 14.4 Å². The topological polar surface area (TPSA) is 142 Å². The Hall–Kier alpha value is -3.43. The smallest absolute Gasteiger partial charge is 0.328 e. The molecule has 10 nitrogen and oxygen atoms in total. The number of para-hydroxylation sites is 2. The summed E-state index contributed by atoms with van der Waals surface area (Å²) >= 11 is 0. The van der Waals surface area contributed by atoms with Gasteiger partial charge in [0.15, 0.2) is 5.82 Å². The summed E-state index contributed by atoms with van der Waals surface area (Å²) in [4.78, 5) is 57.2. The third-order valence-electron chi connectivity index (χ3n) is 5.42. The molecule has 1 fully saturated rings. The number of methoxy groups -OCH3 is 1. The SMILES string of the molecule is COC(=O)C(C[C@@H]1CCNC1=O)NC(=O)C(CC(C)C)NC(=O)c1nc2ccccc2[nH]1. The number of fused-ring (bicyclic) bond motifs is 1. The number of benzene rings is 1. The fourth-order valence-corrected chi connectivity index (χ4v) is 3.77. The summed E-state index contributed by atoms with van der Waals surface area (Å²) in [5.41, 5.74) is 1.35. The Morgan fingerprint density at radius 3 is 2.56 bits per heavy atom. The maximum atomic E-state index is 13.0. The summed E-state index contributed by atoms with van der Waals surface area (Å²) in [6, 6.07) is 5.35. The predicted molar refractivity (Wildman–Crippen MR) is 116 cm³/mol. The minimum Gasteiger partial charge on any atom is -0.467 e. The first-order valence-electron chi connectivity index (χ1n) is 10.7. The van der Waals surface area contributed by atoms with Gasteiger partial charge in [0.1, 0.15) is 12.1 Å². The van der Waals surface area contributed by atoms with Crippen molar-refractivity contribution in [3.8, 4) is 0 Å². The van der Waals surface area contributed by atoms with Crippen molar-refractivity contribution in [2.24, 2.45) is 11.8 Å². The van der Waals surface area contributed by atoms with Crippen molar-refractivity contribution in [1.29, 1.82) is 0 Å². The lowest BCUT2D eigenvalue weighted by Gasteiger charge is -2.24. The molecule has 0 saturated carbocycles. The summed E-state index contributed by atoms with van der Waals surface area (Å²) in [6.07, 6.45) is 1.08. The number of amides is 3. The average Bonchev–Trinajstić information content (AvgIpc) is 3.37. The number of esters is 1. The molecule has 3 amide bonds. The molecule has 2 heterocycles. The third kappa shape index (κ3) is 5.63. The number of imidazole rings is 1. The number of hydrogen-bond acceptors (Lipinski definition) is 6. The quantitative estimate of drug-likeness (QED) is 0.424. The van der Waals surface area contributed by atoms with Crippen LogP contribution in [0.1, 0.15) is 43.7 Å². The molecule has 4 N–H and O–H groups in total. The first-order valence-corrected chi connectivity index (χ1v) is 10.7. The zero-order chi connectivity index (χ0) is 23.3. The largest absolute Gasteiger partial charge is 0.467 e. The molecule has 10 heteroatoms. The van der Waals surface area contributed by atoms with Gasteiger partial charge in [-0.2, -0.15) is 0 Å². The van der Waals surface area contributed by atoms with Crippen LogP contribution in [-0.4, -0.2) is 59.4 Å². The summed E-state index contributed by atoms with van der Waals surface area (Å²) in [5.74, 6) is -2.01. The highest BCUT2D eigenvalue weighted by Gasteiger charge is 2.34. The lowest BCUT2D eigenvalue weighted by molar-refractivity contribution is -0.146. The highest BCUT2D eigenvalue weighted by molar-refractivity contribution is 5.98. The summed E-state index contributed by atoms with van der Waals surface area (Å²) in [7, 11) is 1.23. The molecule has 1 saturated heterocycles. The molecule has 1 aromatic carbocycles. The van der Waals surface area contributed by atoms with Gasteiger partial charge in [-0.05, 0) is 37.3 Å². The van der Waals surface area contributed by atoms with Gasteiger partial charge in [-0.15, -0.1) is 0 Å². The van der Waals surface area contributed by atoms with Gasteiger partial charge in [0.05, 0.1) is 18.1 Å². The molecule has 172 valence electrons. The molecule has 0 bridgehead atoms. The van der Waals surface area contributed by atoms with Crippen LogP contribution in [0.4, 0.5) is 0 Å². The van der Waals surface area contributed by atoms with Crippen molar-refractivity contribution >= 4 is 34.7 Å². The predicted octanol–water partition coefficient (Wildman–Crippen LogP) is 0.891. The number of hydrogen-bond donors (Lipinski definition) is 4. The molecule has 1 aliphatic rings. The lowest BCUT2D eigenvalue weighted by atomic mass is 9.97. The number of rotatable bonds is 9. The molecular weight excluding hydrogens is 414 g/mol. The van der Waals surface area contributed by atoms with E-state index in [4.69, 9.17) is 4.74 Å². The van der Waals surface area contributed by atoms with Crippen LogP contribution in [0.15, 0.2) is 24.3 Å². The molecule has 2 unspecified atom stereocenters. The average molecular weight is 444 g/mol. The second-order valence-electron chi connectivity index (χ2n) is 8.35. The molecule has 0 spiro atoms. The Balaban J connectivity index is 1.72. The summed E-state index contributed by atoms with van der Waals surface area (Å²) in [5, 5.41) is 8.10. The van der Waals surface area contributed by atoms with Gasteiger partial charge >= 0.3 is 5.97 Å². The second-order valence-corrected chi connectivity index (χ2v) is 8.35. The van der Waals surface area contributed by atoms with Crippen molar-refractivity contribution in [3.05, 3.63) is 30.1 Å². The van der Waals surface area contributed by atoms with Crippen LogP contribution in [-0.2, 0) is 19.1 Å². The van der Waals surface area contributed by atoms with Crippen molar-refractivity contribution in [2.75, 3.05) is 13.7 Å². The van der Waals surface area contributed by atoms with E-state index in [2.05, 4.69) is 25.9 Å². The first-order chi connectivity index (χ1) is 15.3. The highest BCUT2D eigenvalue weighted by atomic mass is 16.5. The molecule has 1 aliphatic heterocycles. The van der Waals surface area contributed by atoms with Crippen LogP contribution in [0.5, 0.6) is 0 Å². The number of carbonyl (C=O) groups is 4. The lowest BCUT2D eigenvalue weighted by Crippen LogP contribution is -2.53.